The first-order valence-corrected chi connectivity index (χ1v) is 6.17. The molecule has 2 heterocycles. The quantitative estimate of drug-likeness (QED) is 0.681. The van der Waals surface area contributed by atoms with Crippen LogP contribution in [-0.2, 0) is 14.2 Å². The fourth-order valence-electron chi connectivity index (χ4n) is 3.86. The molecule has 2 N–H and O–H groups in total. The molecule has 5 heteroatoms. The summed E-state index contributed by atoms with van der Waals surface area (Å²) in [5.41, 5.74) is -1.38. The minimum absolute atomic E-state index is 0.0660. The maximum absolute atomic E-state index is 10.4. The molecule has 0 aromatic carbocycles. The molecule has 3 fully saturated rings. The summed E-state index contributed by atoms with van der Waals surface area (Å²) in [5, 5.41) is 20.1. The number of rotatable bonds is 1. The third kappa shape index (κ3) is 1.26. The Morgan fingerprint density at radius 2 is 2.00 bits per heavy atom. The van der Waals surface area contributed by atoms with Crippen LogP contribution in [0.1, 0.15) is 27.2 Å². The van der Waals surface area contributed by atoms with Crippen LogP contribution in [0.5, 0.6) is 0 Å². The summed E-state index contributed by atoms with van der Waals surface area (Å²) in [4.78, 5) is 0. The zero-order chi connectivity index (χ0) is 12.5. The van der Waals surface area contributed by atoms with Gasteiger partial charge in [-0.3, -0.25) is 0 Å². The summed E-state index contributed by atoms with van der Waals surface area (Å²) in [5.74, 6) is -0.955. The molecule has 1 spiro atoms. The van der Waals surface area contributed by atoms with Gasteiger partial charge in [-0.1, -0.05) is 0 Å². The molecule has 0 aromatic heterocycles. The van der Waals surface area contributed by atoms with Gasteiger partial charge in [0.1, 0.15) is 23.4 Å². The predicted octanol–water partition coefficient (Wildman–Crippen LogP) is 0.0387. The van der Waals surface area contributed by atoms with Gasteiger partial charge in [0.15, 0.2) is 5.79 Å². The molecule has 2 bridgehead atoms. The van der Waals surface area contributed by atoms with Crippen LogP contribution in [0.15, 0.2) is 0 Å². The fraction of sp³-hybridized carbons (Fsp3) is 1.00. The Balaban J connectivity index is 2.07. The second kappa shape index (κ2) is 3.22. The number of aliphatic hydroxyl groups is 2. The first-order chi connectivity index (χ1) is 7.86. The largest absolute Gasteiger partial charge is 0.396 e. The van der Waals surface area contributed by atoms with Gasteiger partial charge in [-0.15, -0.1) is 0 Å². The zero-order valence-corrected chi connectivity index (χ0v) is 10.5. The third-order valence-electron chi connectivity index (χ3n) is 4.57. The summed E-state index contributed by atoms with van der Waals surface area (Å²) in [6, 6.07) is 0. The monoisotopic (exact) mass is 244 g/mol. The van der Waals surface area contributed by atoms with Crippen molar-refractivity contribution in [1.82, 2.24) is 0 Å². The topological polar surface area (TPSA) is 68.2 Å². The van der Waals surface area contributed by atoms with Gasteiger partial charge in [0.25, 0.3) is 0 Å². The molecule has 0 amide bonds. The molecule has 3 aliphatic rings. The summed E-state index contributed by atoms with van der Waals surface area (Å²) in [6.45, 7) is 5.98. The number of fused-ring (bicyclic) bond motifs is 1. The van der Waals surface area contributed by atoms with Gasteiger partial charge in [0.05, 0.1) is 13.2 Å². The number of hydrogen-bond donors (Lipinski definition) is 2. The lowest BCUT2D eigenvalue weighted by Crippen LogP contribution is -2.55. The van der Waals surface area contributed by atoms with E-state index in [0.29, 0.717) is 13.0 Å². The highest BCUT2D eigenvalue weighted by molar-refractivity contribution is 5.21. The molecule has 98 valence electrons. The van der Waals surface area contributed by atoms with Crippen molar-refractivity contribution in [3.05, 3.63) is 0 Å². The highest BCUT2D eigenvalue weighted by atomic mass is 16.8. The smallest absolute Gasteiger partial charge is 0.164 e. The molecular weight excluding hydrogens is 224 g/mol. The first-order valence-electron chi connectivity index (χ1n) is 6.17. The molecule has 1 aliphatic carbocycles. The summed E-state index contributed by atoms with van der Waals surface area (Å²) >= 11 is 0. The SMILES string of the molecule is CC1(C)O[C@@H]2[C@H](O)[C@@]3(C)OCC[C@]2(O1)[C@@H]3CO. The maximum Gasteiger partial charge on any atom is 0.164 e. The Morgan fingerprint density at radius 1 is 1.29 bits per heavy atom. The molecule has 1 saturated carbocycles. The van der Waals surface area contributed by atoms with Crippen molar-refractivity contribution in [1.29, 1.82) is 0 Å². The van der Waals surface area contributed by atoms with Gasteiger partial charge in [-0.25, -0.2) is 0 Å². The number of ether oxygens (including phenoxy) is 3. The Bertz CT molecular complexity index is 344. The molecule has 2 saturated heterocycles. The highest BCUT2D eigenvalue weighted by Gasteiger charge is 2.74. The molecule has 3 rings (SSSR count). The lowest BCUT2D eigenvalue weighted by molar-refractivity contribution is -0.251. The van der Waals surface area contributed by atoms with E-state index in [9.17, 15) is 10.2 Å². The van der Waals surface area contributed by atoms with Crippen LogP contribution in [0.3, 0.4) is 0 Å². The predicted molar refractivity (Wildman–Crippen MR) is 58.3 cm³/mol. The van der Waals surface area contributed by atoms with E-state index < -0.39 is 29.2 Å². The van der Waals surface area contributed by atoms with Gasteiger partial charge in [0, 0.05) is 12.3 Å². The molecule has 0 unspecified atom stereocenters. The number of aliphatic hydroxyl groups excluding tert-OH is 2. The number of hydrogen-bond acceptors (Lipinski definition) is 5. The zero-order valence-electron chi connectivity index (χ0n) is 10.5. The van der Waals surface area contributed by atoms with Crippen molar-refractivity contribution in [2.75, 3.05) is 13.2 Å². The van der Waals surface area contributed by atoms with Crippen LogP contribution in [0.2, 0.25) is 0 Å². The van der Waals surface area contributed by atoms with Crippen molar-refractivity contribution in [3.63, 3.8) is 0 Å². The second-order valence-corrected chi connectivity index (χ2v) is 5.96. The van der Waals surface area contributed by atoms with Crippen molar-refractivity contribution < 1.29 is 24.4 Å². The van der Waals surface area contributed by atoms with Crippen LogP contribution in [-0.4, -0.2) is 52.6 Å². The average Bonchev–Trinajstić information content (AvgIpc) is 2.53. The Hall–Kier alpha value is -0.200. The third-order valence-corrected chi connectivity index (χ3v) is 4.57. The fourth-order valence-corrected chi connectivity index (χ4v) is 3.86. The molecule has 0 aromatic rings. The molecular formula is C12H20O5. The standard InChI is InChI=1S/C12H20O5/c1-10(2)16-9-8(14)11(3)7(6-13)12(9,17-10)4-5-15-11/h7-9,13-14H,4-6H2,1-3H3/t7-,8+,9-,11+,12+/m1/s1. The molecule has 2 aliphatic heterocycles. The van der Waals surface area contributed by atoms with Gasteiger partial charge in [0.2, 0.25) is 0 Å². The van der Waals surface area contributed by atoms with Gasteiger partial charge >= 0.3 is 0 Å². The minimum atomic E-state index is -0.770. The van der Waals surface area contributed by atoms with E-state index in [1.165, 1.54) is 0 Å². The van der Waals surface area contributed by atoms with E-state index in [4.69, 9.17) is 14.2 Å². The average molecular weight is 244 g/mol. The van der Waals surface area contributed by atoms with Crippen molar-refractivity contribution in [2.24, 2.45) is 5.92 Å². The van der Waals surface area contributed by atoms with Gasteiger partial charge < -0.3 is 24.4 Å². The molecule has 5 atom stereocenters. The van der Waals surface area contributed by atoms with Gasteiger partial charge in [-0.2, -0.15) is 0 Å². The highest BCUT2D eigenvalue weighted by Crippen LogP contribution is 2.58. The maximum atomic E-state index is 10.4. The van der Waals surface area contributed by atoms with E-state index >= 15 is 0 Å². The Kier molecular flexibility index (Phi) is 2.25. The molecule has 5 nitrogen and oxygen atoms in total. The van der Waals surface area contributed by atoms with Crippen LogP contribution in [0.4, 0.5) is 0 Å². The lowest BCUT2D eigenvalue weighted by atomic mass is 9.79. The van der Waals surface area contributed by atoms with Crippen LogP contribution in [0.25, 0.3) is 0 Å². The summed E-state index contributed by atoms with van der Waals surface area (Å²) < 4.78 is 17.6. The van der Waals surface area contributed by atoms with Crippen LogP contribution < -0.4 is 0 Å². The second-order valence-electron chi connectivity index (χ2n) is 5.96. The van der Waals surface area contributed by atoms with E-state index in [0.717, 1.165) is 0 Å². The Labute approximate surface area is 101 Å². The van der Waals surface area contributed by atoms with Crippen molar-refractivity contribution in [2.45, 2.75) is 56.4 Å². The van der Waals surface area contributed by atoms with E-state index in [1.807, 2.05) is 20.8 Å². The van der Waals surface area contributed by atoms with Crippen molar-refractivity contribution in [3.8, 4) is 0 Å². The molecule has 17 heavy (non-hydrogen) atoms. The first kappa shape index (κ1) is 11.9. The van der Waals surface area contributed by atoms with E-state index in [-0.39, 0.29) is 12.5 Å². The molecule has 0 radical (unpaired) electrons. The van der Waals surface area contributed by atoms with Crippen LogP contribution in [0, 0.1) is 5.92 Å². The van der Waals surface area contributed by atoms with Crippen LogP contribution >= 0.6 is 0 Å². The summed E-state index contributed by atoms with van der Waals surface area (Å²) in [6.07, 6.45) is -0.523. The lowest BCUT2D eigenvalue weighted by Gasteiger charge is -2.44. The summed E-state index contributed by atoms with van der Waals surface area (Å²) in [7, 11) is 0. The normalized spacial score (nSPS) is 55.9. The van der Waals surface area contributed by atoms with Gasteiger partial charge in [-0.05, 0) is 20.8 Å². The van der Waals surface area contributed by atoms with E-state index in [2.05, 4.69) is 0 Å². The minimum Gasteiger partial charge on any atom is -0.396 e. The van der Waals surface area contributed by atoms with E-state index in [1.54, 1.807) is 0 Å². The Morgan fingerprint density at radius 3 is 2.65 bits per heavy atom. The van der Waals surface area contributed by atoms with Crippen molar-refractivity contribution >= 4 is 0 Å².